The summed E-state index contributed by atoms with van der Waals surface area (Å²) in [5.41, 5.74) is 1.53. The van der Waals surface area contributed by atoms with Crippen LogP contribution in [-0.4, -0.2) is 52.4 Å². The summed E-state index contributed by atoms with van der Waals surface area (Å²) in [6.07, 6.45) is 3.93. The van der Waals surface area contributed by atoms with Crippen LogP contribution in [0.25, 0.3) is 0 Å². The van der Waals surface area contributed by atoms with Crippen molar-refractivity contribution in [3.05, 3.63) is 53.0 Å². The maximum absolute atomic E-state index is 14.1. The molecule has 2 fully saturated rings. The van der Waals surface area contributed by atoms with Crippen molar-refractivity contribution in [1.82, 2.24) is 10.3 Å². The number of aromatic nitrogens is 1. The minimum Gasteiger partial charge on any atom is -0.476 e. The Kier molecular flexibility index (Phi) is 6.33. The summed E-state index contributed by atoms with van der Waals surface area (Å²) in [5.74, 6) is -1.56. The number of halogens is 1. The molecule has 8 nitrogen and oxygen atoms in total. The van der Waals surface area contributed by atoms with Crippen molar-refractivity contribution in [2.75, 3.05) is 13.2 Å². The molecule has 0 radical (unpaired) electrons. The van der Waals surface area contributed by atoms with E-state index in [2.05, 4.69) is 10.3 Å². The second-order valence-corrected chi connectivity index (χ2v) is 8.05. The fraction of sp³-hybridized carbons (Fsp3) is 0.500. The third-order valence-electron chi connectivity index (χ3n) is 6.13. The predicted octanol–water partition coefficient (Wildman–Crippen LogP) is 2.06. The lowest BCUT2D eigenvalue weighted by molar-refractivity contribution is -0.121. The molecule has 0 spiro atoms. The van der Waals surface area contributed by atoms with Crippen molar-refractivity contribution < 1.29 is 33.3 Å². The van der Waals surface area contributed by atoms with Crippen LogP contribution >= 0.6 is 0 Å². The van der Waals surface area contributed by atoms with Gasteiger partial charge >= 0.3 is 5.97 Å². The number of aromatic carboxylic acids is 1. The summed E-state index contributed by atoms with van der Waals surface area (Å²) >= 11 is 0. The van der Waals surface area contributed by atoms with Gasteiger partial charge in [-0.1, -0.05) is 6.07 Å². The van der Waals surface area contributed by atoms with Crippen molar-refractivity contribution in [2.24, 2.45) is 5.92 Å². The fourth-order valence-electron chi connectivity index (χ4n) is 4.73. The number of amides is 1. The van der Waals surface area contributed by atoms with Crippen LogP contribution in [0.5, 0.6) is 0 Å². The highest BCUT2D eigenvalue weighted by molar-refractivity contribution is 5.84. The average molecular weight is 432 g/mol. The number of carbonyl (C=O) groups is 2. The van der Waals surface area contributed by atoms with Crippen LogP contribution in [0, 0.1) is 11.7 Å². The van der Waals surface area contributed by atoms with Crippen molar-refractivity contribution in [1.29, 1.82) is 0 Å². The van der Waals surface area contributed by atoms with Gasteiger partial charge in [0.2, 0.25) is 11.8 Å². The summed E-state index contributed by atoms with van der Waals surface area (Å²) in [6.45, 7) is 0.0807. The highest BCUT2D eigenvalue weighted by Gasteiger charge is 2.51. The molecule has 4 unspecified atom stereocenters. The van der Waals surface area contributed by atoms with Gasteiger partial charge in [0.1, 0.15) is 12.1 Å². The Morgan fingerprint density at radius 1 is 1.23 bits per heavy atom. The topological polar surface area (TPSA) is 122 Å². The molecule has 166 valence electrons. The van der Waals surface area contributed by atoms with Gasteiger partial charge in [-0.15, -0.1) is 0 Å². The Bertz CT molecular complexity index is 961. The lowest BCUT2D eigenvalue weighted by Gasteiger charge is -2.26. The molecule has 0 aliphatic carbocycles. The van der Waals surface area contributed by atoms with Gasteiger partial charge in [0.15, 0.2) is 5.69 Å². The van der Waals surface area contributed by atoms with Gasteiger partial charge in [-0.2, -0.15) is 0 Å². The Balaban J connectivity index is 1.53. The number of aliphatic hydroxyl groups excluding tert-OH is 1. The third kappa shape index (κ3) is 4.62. The van der Waals surface area contributed by atoms with E-state index in [1.807, 2.05) is 0 Å². The summed E-state index contributed by atoms with van der Waals surface area (Å²) in [6, 6.07) is 4.56. The van der Waals surface area contributed by atoms with Crippen LogP contribution in [0.2, 0.25) is 0 Å². The predicted molar refractivity (Wildman–Crippen MR) is 106 cm³/mol. The molecule has 4 atom stereocenters. The Morgan fingerprint density at radius 2 is 2.03 bits per heavy atom. The first-order valence-corrected chi connectivity index (χ1v) is 10.4. The van der Waals surface area contributed by atoms with Crippen LogP contribution in [0.15, 0.2) is 28.9 Å². The number of carboxylic acids is 1. The number of oxazole rings is 1. The number of aryl methyl sites for hydroxylation is 1. The molecule has 2 aliphatic rings. The molecular formula is C22H25FN2O6. The zero-order valence-corrected chi connectivity index (χ0v) is 16.9. The van der Waals surface area contributed by atoms with Crippen LogP contribution < -0.4 is 5.32 Å². The summed E-state index contributed by atoms with van der Waals surface area (Å²) < 4.78 is 25.6. The lowest BCUT2D eigenvalue weighted by Crippen LogP contribution is -2.28. The van der Waals surface area contributed by atoms with E-state index < -0.39 is 5.97 Å². The van der Waals surface area contributed by atoms with E-state index in [0.717, 1.165) is 30.2 Å². The van der Waals surface area contributed by atoms with Gasteiger partial charge in [0.25, 0.3) is 0 Å². The molecule has 1 aromatic carbocycles. The smallest absolute Gasteiger partial charge is 0.357 e. The number of ether oxygens (including phenoxy) is 1. The standard InChI is InChI=1S/C22H25FN2O6/c23-14-3-1-12(2-6-19(27)24-7-8-26)13(9-14)10-15-17-4-5-18(31-17)20(15)21-25-16(11-30-21)22(28)29/h1,3,9,11,15,17-18,20,26H,2,4-8,10H2,(H,24,27)(H,28,29). The first kappa shape index (κ1) is 21.5. The Labute approximate surface area is 178 Å². The third-order valence-corrected chi connectivity index (χ3v) is 6.13. The summed E-state index contributed by atoms with van der Waals surface area (Å²) in [5, 5.41) is 20.6. The van der Waals surface area contributed by atoms with Gasteiger partial charge in [-0.05, 0) is 48.9 Å². The summed E-state index contributed by atoms with van der Waals surface area (Å²) in [4.78, 5) is 27.2. The molecule has 1 aromatic heterocycles. The fourth-order valence-corrected chi connectivity index (χ4v) is 4.73. The lowest BCUT2D eigenvalue weighted by atomic mass is 9.75. The molecule has 2 bridgehead atoms. The molecule has 0 saturated carbocycles. The molecule has 4 rings (SSSR count). The van der Waals surface area contributed by atoms with Gasteiger partial charge < -0.3 is 24.7 Å². The highest BCUT2D eigenvalue weighted by atomic mass is 19.1. The molecular weight excluding hydrogens is 407 g/mol. The molecule has 2 aliphatic heterocycles. The number of benzene rings is 1. The Hall–Kier alpha value is -2.78. The maximum atomic E-state index is 14.1. The van der Waals surface area contributed by atoms with E-state index in [1.54, 1.807) is 6.07 Å². The second kappa shape index (κ2) is 9.15. The zero-order chi connectivity index (χ0) is 22.0. The first-order chi connectivity index (χ1) is 15.0. The number of rotatable bonds is 9. The first-order valence-electron chi connectivity index (χ1n) is 10.4. The van der Waals surface area contributed by atoms with Crippen molar-refractivity contribution in [3.8, 4) is 0 Å². The largest absolute Gasteiger partial charge is 0.476 e. The van der Waals surface area contributed by atoms with Gasteiger partial charge in [-0.25, -0.2) is 14.2 Å². The summed E-state index contributed by atoms with van der Waals surface area (Å²) in [7, 11) is 0. The molecule has 1 amide bonds. The van der Waals surface area contributed by atoms with E-state index in [0.29, 0.717) is 18.7 Å². The van der Waals surface area contributed by atoms with E-state index in [-0.39, 0.29) is 61.0 Å². The molecule has 2 aromatic rings. The minimum absolute atomic E-state index is 0.0252. The maximum Gasteiger partial charge on any atom is 0.357 e. The number of nitrogens with one attached hydrogen (secondary N) is 1. The Morgan fingerprint density at radius 3 is 2.77 bits per heavy atom. The van der Waals surface area contributed by atoms with Crippen molar-refractivity contribution in [3.63, 3.8) is 0 Å². The normalized spacial score (nSPS) is 24.5. The number of hydrogen-bond acceptors (Lipinski definition) is 6. The van der Waals surface area contributed by atoms with Gasteiger partial charge in [0.05, 0.1) is 24.7 Å². The van der Waals surface area contributed by atoms with E-state index in [1.165, 1.54) is 12.1 Å². The zero-order valence-electron chi connectivity index (χ0n) is 16.9. The second-order valence-electron chi connectivity index (χ2n) is 8.05. The van der Waals surface area contributed by atoms with Crippen LogP contribution in [0.1, 0.15) is 52.7 Å². The molecule has 31 heavy (non-hydrogen) atoms. The van der Waals surface area contributed by atoms with Crippen LogP contribution in [0.4, 0.5) is 4.39 Å². The number of nitrogens with zero attached hydrogens (tertiary/aromatic N) is 1. The average Bonchev–Trinajstić information content (AvgIpc) is 3.48. The molecule has 3 N–H and O–H groups in total. The molecule has 9 heteroatoms. The van der Waals surface area contributed by atoms with E-state index >= 15 is 0 Å². The van der Waals surface area contributed by atoms with Crippen molar-refractivity contribution >= 4 is 11.9 Å². The minimum atomic E-state index is -1.15. The van der Waals surface area contributed by atoms with Crippen LogP contribution in [0.3, 0.4) is 0 Å². The van der Waals surface area contributed by atoms with Crippen LogP contribution in [-0.2, 0) is 22.4 Å². The molecule has 3 heterocycles. The number of carbonyl (C=O) groups excluding carboxylic acids is 1. The SMILES string of the molecule is O=C(CCc1ccc(F)cc1CC1C2CCC(O2)C1c1nc(C(=O)O)co1)NCCO. The number of fused-ring (bicyclic) bond motifs is 2. The van der Waals surface area contributed by atoms with Crippen molar-refractivity contribution in [2.45, 2.75) is 50.2 Å². The van der Waals surface area contributed by atoms with Gasteiger partial charge in [-0.3, -0.25) is 4.79 Å². The highest BCUT2D eigenvalue weighted by Crippen LogP contribution is 2.50. The number of aliphatic hydroxyl groups is 1. The number of carboxylic acid groups (broad SMARTS) is 1. The van der Waals surface area contributed by atoms with Gasteiger partial charge in [0, 0.05) is 18.9 Å². The van der Waals surface area contributed by atoms with E-state index in [9.17, 15) is 14.0 Å². The number of hydrogen-bond donors (Lipinski definition) is 3. The monoisotopic (exact) mass is 432 g/mol. The molecule has 2 saturated heterocycles. The quantitative estimate of drug-likeness (QED) is 0.554. The van der Waals surface area contributed by atoms with E-state index in [4.69, 9.17) is 19.4 Å².